The van der Waals surface area contributed by atoms with Gasteiger partial charge in [-0.25, -0.2) is 0 Å². The lowest BCUT2D eigenvalue weighted by atomic mass is 10.2. The molecule has 0 atom stereocenters. The molecule has 5 nitrogen and oxygen atoms in total. The molecule has 0 unspecified atom stereocenters. The van der Waals surface area contributed by atoms with Gasteiger partial charge in [0.1, 0.15) is 5.75 Å². The number of anilines is 1. The van der Waals surface area contributed by atoms with Crippen molar-refractivity contribution in [3.8, 4) is 5.75 Å². The Kier molecular flexibility index (Phi) is 4.23. The highest BCUT2D eigenvalue weighted by Gasteiger charge is 2.23. The summed E-state index contributed by atoms with van der Waals surface area (Å²) in [7, 11) is 1.68. The van der Waals surface area contributed by atoms with Gasteiger partial charge in [-0.15, -0.1) is 0 Å². The quantitative estimate of drug-likeness (QED) is 0.870. The third-order valence-electron chi connectivity index (χ3n) is 3.90. The van der Waals surface area contributed by atoms with Gasteiger partial charge in [0.15, 0.2) is 0 Å². The molecule has 2 aromatic rings. The Morgan fingerprint density at radius 3 is 2.55 bits per heavy atom. The predicted octanol–water partition coefficient (Wildman–Crippen LogP) is 2.05. The van der Waals surface area contributed by atoms with Crippen LogP contribution in [0.25, 0.3) is 0 Å². The number of ether oxygens (including phenoxy) is 1. The highest BCUT2D eigenvalue weighted by atomic mass is 16.5. The first-order valence-electron chi connectivity index (χ1n) is 7.37. The van der Waals surface area contributed by atoms with E-state index in [2.05, 4.69) is 16.0 Å². The lowest BCUT2D eigenvalue weighted by molar-refractivity contribution is 0.0746. The Hall–Kier alpha value is -2.56. The first kappa shape index (κ1) is 14.4. The van der Waals surface area contributed by atoms with Crippen molar-refractivity contribution in [2.75, 3.05) is 38.2 Å². The number of carbonyl (C=O) groups is 1. The number of methoxy groups -OCH3 is 1. The van der Waals surface area contributed by atoms with Crippen LogP contribution in [0.4, 0.5) is 5.69 Å². The van der Waals surface area contributed by atoms with E-state index < -0.39 is 0 Å². The summed E-state index contributed by atoms with van der Waals surface area (Å²) in [6.07, 6.45) is 3.30. The zero-order valence-electron chi connectivity index (χ0n) is 12.6. The van der Waals surface area contributed by atoms with Crippen LogP contribution in [0.1, 0.15) is 10.4 Å². The van der Waals surface area contributed by atoms with E-state index in [-0.39, 0.29) is 5.91 Å². The van der Waals surface area contributed by atoms with Crippen molar-refractivity contribution in [3.05, 3.63) is 54.4 Å². The normalized spacial score (nSPS) is 14.8. The number of amides is 1. The zero-order valence-corrected chi connectivity index (χ0v) is 12.6. The summed E-state index contributed by atoms with van der Waals surface area (Å²) >= 11 is 0. The molecule has 5 heteroatoms. The first-order chi connectivity index (χ1) is 10.8. The monoisotopic (exact) mass is 297 g/mol. The summed E-state index contributed by atoms with van der Waals surface area (Å²) in [4.78, 5) is 20.6. The van der Waals surface area contributed by atoms with Gasteiger partial charge in [0.05, 0.1) is 18.4 Å². The average Bonchev–Trinajstić information content (AvgIpc) is 2.62. The molecule has 1 amide bonds. The van der Waals surface area contributed by atoms with Gasteiger partial charge in [-0.2, -0.15) is 0 Å². The molecule has 0 radical (unpaired) electrons. The van der Waals surface area contributed by atoms with Gasteiger partial charge in [-0.1, -0.05) is 12.1 Å². The van der Waals surface area contributed by atoms with Crippen molar-refractivity contribution in [1.82, 2.24) is 9.88 Å². The summed E-state index contributed by atoms with van der Waals surface area (Å²) in [5, 5.41) is 0. The average molecular weight is 297 g/mol. The smallest absolute Gasteiger partial charge is 0.255 e. The molecular formula is C17H19N3O2. The summed E-state index contributed by atoms with van der Waals surface area (Å²) in [5.41, 5.74) is 1.73. The lowest BCUT2D eigenvalue weighted by Crippen LogP contribution is -2.48. The Bertz CT molecular complexity index is 637. The molecule has 0 saturated carbocycles. The summed E-state index contributed by atoms with van der Waals surface area (Å²) in [6.45, 7) is 3.00. The zero-order chi connectivity index (χ0) is 15.4. The molecule has 0 N–H and O–H groups in total. The Labute approximate surface area is 130 Å². The molecule has 114 valence electrons. The van der Waals surface area contributed by atoms with E-state index in [1.807, 2.05) is 29.2 Å². The minimum atomic E-state index is 0.0489. The van der Waals surface area contributed by atoms with Gasteiger partial charge in [-0.3, -0.25) is 9.78 Å². The number of hydrogen-bond acceptors (Lipinski definition) is 4. The van der Waals surface area contributed by atoms with Crippen LogP contribution in [0.15, 0.2) is 48.8 Å². The number of aromatic nitrogens is 1. The number of hydrogen-bond donors (Lipinski definition) is 0. The number of piperazine rings is 1. The highest BCUT2D eigenvalue weighted by molar-refractivity contribution is 5.94. The van der Waals surface area contributed by atoms with Crippen molar-refractivity contribution >= 4 is 11.6 Å². The van der Waals surface area contributed by atoms with Gasteiger partial charge >= 0.3 is 0 Å². The standard InChI is InChI=1S/C17H19N3O2/c1-22-16-7-3-2-6-15(16)19-9-11-20(12-10-19)17(21)14-5-4-8-18-13-14/h2-8,13H,9-12H2,1H3. The third kappa shape index (κ3) is 2.88. The Morgan fingerprint density at radius 1 is 1.09 bits per heavy atom. The van der Waals surface area contributed by atoms with Gasteiger partial charge in [-0.05, 0) is 24.3 Å². The maximum absolute atomic E-state index is 12.4. The van der Waals surface area contributed by atoms with E-state index in [1.165, 1.54) is 0 Å². The summed E-state index contributed by atoms with van der Waals surface area (Å²) < 4.78 is 5.41. The van der Waals surface area contributed by atoms with Crippen molar-refractivity contribution in [1.29, 1.82) is 0 Å². The molecule has 1 aliphatic heterocycles. The number of rotatable bonds is 3. The fraction of sp³-hybridized carbons (Fsp3) is 0.294. The minimum Gasteiger partial charge on any atom is -0.495 e. The van der Waals surface area contributed by atoms with Crippen molar-refractivity contribution in [3.63, 3.8) is 0 Å². The van der Waals surface area contributed by atoms with E-state index in [4.69, 9.17) is 4.74 Å². The van der Waals surface area contributed by atoms with Gasteiger partial charge in [0, 0.05) is 38.6 Å². The predicted molar refractivity (Wildman–Crippen MR) is 85.3 cm³/mol. The van der Waals surface area contributed by atoms with Crippen LogP contribution in [0.5, 0.6) is 5.75 Å². The minimum absolute atomic E-state index is 0.0489. The molecule has 1 aromatic heterocycles. The van der Waals surface area contributed by atoms with E-state index >= 15 is 0 Å². The van der Waals surface area contributed by atoms with Gasteiger partial charge < -0.3 is 14.5 Å². The molecule has 1 aliphatic rings. The molecule has 1 saturated heterocycles. The molecule has 0 spiro atoms. The van der Waals surface area contributed by atoms with E-state index in [0.717, 1.165) is 24.5 Å². The van der Waals surface area contributed by atoms with Gasteiger partial charge in [0.2, 0.25) is 0 Å². The maximum atomic E-state index is 12.4. The largest absolute Gasteiger partial charge is 0.495 e. The molecule has 1 fully saturated rings. The van der Waals surface area contributed by atoms with Crippen LogP contribution in [-0.2, 0) is 0 Å². The van der Waals surface area contributed by atoms with Crippen LogP contribution in [0.2, 0.25) is 0 Å². The molecular weight excluding hydrogens is 278 g/mol. The van der Waals surface area contributed by atoms with Gasteiger partial charge in [0.25, 0.3) is 5.91 Å². The molecule has 0 bridgehead atoms. The van der Waals surface area contributed by atoms with Crippen molar-refractivity contribution in [2.45, 2.75) is 0 Å². The third-order valence-corrected chi connectivity index (χ3v) is 3.90. The molecule has 2 heterocycles. The van der Waals surface area contributed by atoms with E-state index in [0.29, 0.717) is 18.7 Å². The maximum Gasteiger partial charge on any atom is 0.255 e. The van der Waals surface area contributed by atoms with Crippen LogP contribution in [-0.4, -0.2) is 49.1 Å². The first-order valence-corrected chi connectivity index (χ1v) is 7.37. The second-order valence-corrected chi connectivity index (χ2v) is 5.19. The number of benzene rings is 1. The fourth-order valence-corrected chi connectivity index (χ4v) is 2.71. The SMILES string of the molecule is COc1ccccc1N1CCN(C(=O)c2cccnc2)CC1. The van der Waals surface area contributed by atoms with Crippen molar-refractivity contribution in [2.24, 2.45) is 0 Å². The number of para-hydroxylation sites is 2. The summed E-state index contributed by atoms with van der Waals surface area (Å²) in [6, 6.07) is 11.6. The molecule has 0 aliphatic carbocycles. The number of carbonyl (C=O) groups excluding carboxylic acids is 1. The van der Waals surface area contributed by atoms with E-state index in [9.17, 15) is 4.79 Å². The molecule has 3 rings (SSSR count). The number of pyridine rings is 1. The van der Waals surface area contributed by atoms with Crippen molar-refractivity contribution < 1.29 is 9.53 Å². The highest BCUT2D eigenvalue weighted by Crippen LogP contribution is 2.28. The van der Waals surface area contributed by atoms with Crippen LogP contribution < -0.4 is 9.64 Å². The second kappa shape index (κ2) is 6.47. The number of nitrogens with zero attached hydrogens (tertiary/aromatic N) is 3. The Balaban J connectivity index is 1.67. The van der Waals surface area contributed by atoms with Crippen LogP contribution in [0, 0.1) is 0 Å². The second-order valence-electron chi connectivity index (χ2n) is 5.19. The molecule has 1 aromatic carbocycles. The van der Waals surface area contributed by atoms with Crippen LogP contribution >= 0.6 is 0 Å². The summed E-state index contributed by atoms with van der Waals surface area (Å²) in [5.74, 6) is 0.919. The Morgan fingerprint density at radius 2 is 1.86 bits per heavy atom. The molecule has 22 heavy (non-hydrogen) atoms. The topological polar surface area (TPSA) is 45.7 Å². The lowest BCUT2D eigenvalue weighted by Gasteiger charge is -2.36. The van der Waals surface area contributed by atoms with Crippen LogP contribution in [0.3, 0.4) is 0 Å². The van der Waals surface area contributed by atoms with E-state index in [1.54, 1.807) is 25.6 Å². The fourth-order valence-electron chi connectivity index (χ4n) is 2.71.